The summed E-state index contributed by atoms with van der Waals surface area (Å²) in [6.45, 7) is 12.8. The highest BCUT2D eigenvalue weighted by Gasteiger charge is 2.43. The second kappa shape index (κ2) is 11.4. The molecule has 3 aliphatic rings. The molecule has 0 aliphatic carbocycles. The third kappa shape index (κ3) is 4.84. The number of alkyl halides is 1. The molecule has 2 aromatic rings. The van der Waals surface area contributed by atoms with Crippen LogP contribution in [0, 0.1) is 5.41 Å². The first-order chi connectivity index (χ1) is 17.3. The van der Waals surface area contributed by atoms with Gasteiger partial charge in [0.25, 0.3) is 5.91 Å². The van der Waals surface area contributed by atoms with Crippen LogP contribution in [0.15, 0.2) is 41.5 Å². The molecule has 8 heteroatoms. The molecule has 0 bridgehead atoms. The van der Waals surface area contributed by atoms with E-state index in [4.69, 9.17) is 4.74 Å². The number of carbonyl (C=O) groups excluding carboxylic acids is 1. The van der Waals surface area contributed by atoms with Crippen LogP contribution in [0.3, 0.4) is 0 Å². The number of halogens is 1. The molecule has 2 atom stereocenters. The third-order valence-corrected chi connectivity index (χ3v) is 7.34. The average molecular weight is 499 g/mol. The summed E-state index contributed by atoms with van der Waals surface area (Å²) in [7, 11) is 2.65. The van der Waals surface area contributed by atoms with Gasteiger partial charge in [0.1, 0.15) is 18.4 Å². The van der Waals surface area contributed by atoms with Crippen molar-refractivity contribution in [2.45, 2.75) is 53.2 Å². The van der Waals surface area contributed by atoms with Gasteiger partial charge in [-0.2, -0.15) is 5.10 Å². The zero-order valence-electron chi connectivity index (χ0n) is 22.4. The molecule has 3 aliphatic heterocycles. The summed E-state index contributed by atoms with van der Waals surface area (Å²) in [5.74, 6) is 1.59. The van der Waals surface area contributed by atoms with E-state index in [2.05, 4.69) is 54.5 Å². The predicted octanol–water partition coefficient (Wildman–Crippen LogP) is 4.54. The van der Waals surface area contributed by atoms with Crippen LogP contribution in [0.2, 0.25) is 0 Å². The molecule has 196 valence electrons. The van der Waals surface area contributed by atoms with E-state index in [1.54, 1.807) is 0 Å². The minimum Gasteiger partial charge on any atom is -0.483 e. The van der Waals surface area contributed by atoms with Gasteiger partial charge >= 0.3 is 0 Å². The molecule has 0 aromatic heterocycles. The minimum atomic E-state index is -0.366. The van der Waals surface area contributed by atoms with Crippen molar-refractivity contribution >= 4 is 17.4 Å². The Kier molecular flexibility index (Phi) is 8.74. The van der Waals surface area contributed by atoms with Crippen molar-refractivity contribution in [2.24, 2.45) is 10.5 Å². The van der Waals surface area contributed by atoms with Crippen molar-refractivity contribution in [3.63, 3.8) is 0 Å². The highest BCUT2D eigenvalue weighted by molar-refractivity contribution is 6.09. The molecule has 3 heterocycles. The van der Waals surface area contributed by atoms with E-state index in [1.165, 1.54) is 5.56 Å². The van der Waals surface area contributed by atoms with Crippen LogP contribution < -0.4 is 15.1 Å². The van der Waals surface area contributed by atoms with E-state index in [0.717, 1.165) is 41.2 Å². The number of hydrogen-bond acceptors (Lipinski definition) is 6. The summed E-state index contributed by atoms with van der Waals surface area (Å²) >= 11 is 0. The van der Waals surface area contributed by atoms with E-state index >= 15 is 0 Å². The zero-order chi connectivity index (χ0) is 26.6. The van der Waals surface area contributed by atoms with Crippen LogP contribution in [-0.4, -0.2) is 61.7 Å². The molecule has 2 aromatic carbocycles. The first-order valence-electron chi connectivity index (χ1n) is 12.5. The van der Waals surface area contributed by atoms with Gasteiger partial charge < -0.3 is 19.6 Å². The number of amides is 1. The number of aliphatic hydroxyl groups is 1. The molecule has 36 heavy (non-hydrogen) atoms. The Morgan fingerprint density at radius 2 is 1.89 bits per heavy atom. The molecule has 0 saturated carbocycles. The zero-order valence-corrected chi connectivity index (χ0v) is 22.4. The number of fused-ring (bicyclic) bond motifs is 3. The summed E-state index contributed by atoms with van der Waals surface area (Å²) in [6, 6.07) is 11.9. The van der Waals surface area contributed by atoms with Gasteiger partial charge in [0.2, 0.25) is 0 Å². The molecule has 0 unspecified atom stereocenters. The number of rotatable bonds is 4. The number of anilines is 1. The van der Waals surface area contributed by atoms with Crippen LogP contribution in [-0.2, 0) is 11.4 Å². The quantitative estimate of drug-likeness (QED) is 0.647. The van der Waals surface area contributed by atoms with E-state index in [-0.39, 0.29) is 29.9 Å². The van der Waals surface area contributed by atoms with Gasteiger partial charge in [-0.1, -0.05) is 52.0 Å². The summed E-state index contributed by atoms with van der Waals surface area (Å²) in [5, 5.41) is 14.2. The highest BCUT2D eigenvalue weighted by Crippen LogP contribution is 2.49. The Morgan fingerprint density at radius 3 is 2.53 bits per heavy atom. The van der Waals surface area contributed by atoms with Crippen LogP contribution in [0.1, 0.15) is 51.7 Å². The Bertz CT molecular complexity index is 1110. The van der Waals surface area contributed by atoms with E-state index in [1.807, 2.05) is 43.9 Å². The number of carbonyl (C=O) groups is 1. The molecule has 5 rings (SSSR count). The predicted molar refractivity (Wildman–Crippen MR) is 143 cm³/mol. The van der Waals surface area contributed by atoms with Gasteiger partial charge in [-0.15, -0.1) is 0 Å². The van der Waals surface area contributed by atoms with Gasteiger partial charge in [-0.25, -0.2) is 5.43 Å². The molecule has 0 radical (unpaired) electrons. The fourth-order valence-electron chi connectivity index (χ4n) is 5.44. The molecular formula is C28H39FN4O3. The average Bonchev–Trinajstić information content (AvgIpc) is 2.90. The molecule has 1 fully saturated rings. The fraction of sp³-hybridized carbons (Fsp3) is 0.500. The largest absolute Gasteiger partial charge is 0.483 e. The van der Waals surface area contributed by atoms with Crippen molar-refractivity contribution < 1.29 is 19.0 Å². The highest BCUT2D eigenvalue weighted by atomic mass is 19.1. The van der Waals surface area contributed by atoms with Gasteiger partial charge in [-0.3, -0.25) is 9.18 Å². The maximum absolute atomic E-state index is 12.4. The summed E-state index contributed by atoms with van der Waals surface area (Å²) in [6.07, 6.45) is 0. The van der Waals surface area contributed by atoms with Crippen LogP contribution >= 0.6 is 0 Å². The van der Waals surface area contributed by atoms with Crippen LogP contribution in [0.5, 0.6) is 5.75 Å². The van der Waals surface area contributed by atoms with E-state index < -0.39 is 0 Å². The second-order valence-corrected chi connectivity index (χ2v) is 9.61. The lowest BCUT2D eigenvalue weighted by atomic mass is 9.68. The Balaban J connectivity index is 0.000000861. The van der Waals surface area contributed by atoms with E-state index in [0.29, 0.717) is 19.6 Å². The molecule has 1 saturated heterocycles. The molecule has 0 spiro atoms. The first-order valence-corrected chi connectivity index (χ1v) is 12.5. The Hall–Kier alpha value is -2.97. The number of nitrogens with zero attached hydrogens (tertiary/aromatic N) is 3. The number of hydrogen-bond donors (Lipinski definition) is 2. The maximum Gasteiger partial charge on any atom is 0.262 e. The first kappa shape index (κ1) is 27.6. The number of benzene rings is 2. The SMILES string of the molecule is CC.CF.C[C@@H]1C(=O)NN=C2COc3cc(-c4ccccc4CO)c([C@@H](C)C4(C)CN(C)C4)cc3N21. The van der Waals surface area contributed by atoms with Gasteiger partial charge in [0, 0.05) is 13.1 Å². The molecule has 7 nitrogen and oxygen atoms in total. The summed E-state index contributed by atoms with van der Waals surface area (Å²) < 4.78 is 15.6. The number of nitrogens with one attached hydrogen (secondary N) is 1. The maximum atomic E-state index is 12.4. The fourth-order valence-corrected chi connectivity index (χ4v) is 5.44. The van der Waals surface area contributed by atoms with Crippen molar-refractivity contribution in [3.8, 4) is 16.9 Å². The summed E-state index contributed by atoms with van der Waals surface area (Å²) in [5.41, 5.74) is 7.79. The van der Waals surface area contributed by atoms with Crippen molar-refractivity contribution in [3.05, 3.63) is 47.5 Å². The van der Waals surface area contributed by atoms with Crippen LogP contribution in [0.4, 0.5) is 10.1 Å². The smallest absolute Gasteiger partial charge is 0.262 e. The van der Waals surface area contributed by atoms with E-state index in [9.17, 15) is 14.3 Å². The lowest BCUT2D eigenvalue weighted by molar-refractivity contribution is -0.122. The van der Waals surface area contributed by atoms with Crippen molar-refractivity contribution in [1.29, 1.82) is 0 Å². The lowest BCUT2D eigenvalue weighted by Gasteiger charge is -2.51. The summed E-state index contributed by atoms with van der Waals surface area (Å²) in [4.78, 5) is 16.7. The number of hydrazone groups is 1. The Labute approximate surface area is 213 Å². The standard InChI is InChI=1S/C25H30N4O3.C2H6.CH3F/c1-15(25(3)13-28(4)14-25)19-9-21-22(10-20(19)18-8-6-5-7-17(18)11-30)32-12-23-26-27-24(31)16(2)29(21)23;2*1-2/h5-10,15-16,30H,11-14H2,1-4H3,(H,27,31);1-2H3;1H3/t15-,16-;;/m1../s1. The number of amidine groups is 1. The van der Waals surface area contributed by atoms with Gasteiger partial charge in [0.05, 0.1) is 19.5 Å². The number of ether oxygens (including phenoxy) is 1. The molecular weight excluding hydrogens is 459 g/mol. The molecule has 2 N–H and O–H groups in total. The van der Waals surface area contributed by atoms with Crippen molar-refractivity contribution in [1.82, 2.24) is 10.3 Å². The Morgan fingerprint density at radius 1 is 1.22 bits per heavy atom. The third-order valence-electron chi connectivity index (χ3n) is 7.34. The van der Waals surface area contributed by atoms with Crippen LogP contribution in [0.25, 0.3) is 11.1 Å². The van der Waals surface area contributed by atoms with Gasteiger partial charge in [0.15, 0.2) is 5.84 Å². The number of aliphatic hydroxyl groups excluding tert-OH is 1. The second-order valence-electron chi connectivity index (χ2n) is 9.61. The monoisotopic (exact) mass is 498 g/mol. The normalized spacial score (nSPS) is 20.5. The van der Waals surface area contributed by atoms with Gasteiger partial charge in [-0.05, 0) is 59.7 Å². The topological polar surface area (TPSA) is 77.4 Å². The lowest BCUT2D eigenvalue weighted by Crippen LogP contribution is -2.56. The molecule has 1 amide bonds. The minimum absolute atomic E-state index is 0.0257. The van der Waals surface area contributed by atoms with Crippen molar-refractivity contribution in [2.75, 3.05) is 38.8 Å². The number of likely N-dealkylation sites (tertiary alicyclic amines) is 1.